The molecule has 0 bridgehead atoms. The highest BCUT2D eigenvalue weighted by Gasteiger charge is 2.49. The lowest BCUT2D eigenvalue weighted by Gasteiger charge is -2.37. The highest BCUT2D eigenvalue weighted by molar-refractivity contribution is 6.04. The summed E-state index contributed by atoms with van der Waals surface area (Å²) in [5.74, 6) is -0.782. The molecule has 1 aromatic heterocycles. The minimum Gasteiger partial charge on any atom is -0.356 e. The van der Waals surface area contributed by atoms with Gasteiger partial charge in [0.15, 0.2) is 0 Å². The van der Waals surface area contributed by atoms with Crippen molar-refractivity contribution in [2.75, 3.05) is 0 Å². The van der Waals surface area contributed by atoms with Gasteiger partial charge in [-0.15, -0.1) is 0 Å². The molecule has 7 heteroatoms. The Bertz CT molecular complexity index is 1840. The average molecular weight is 569 g/mol. The van der Waals surface area contributed by atoms with Crippen LogP contribution in [0.1, 0.15) is 49.9 Å². The molecule has 3 heterocycles. The molecule has 2 aliphatic heterocycles. The third kappa shape index (κ3) is 4.87. The number of nitrogens with zero attached hydrogens (tertiary/aromatic N) is 1. The predicted molar refractivity (Wildman–Crippen MR) is 165 cm³/mol. The first-order valence-corrected chi connectivity index (χ1v) is 14.7. The summed E-state index contributed by atoms with van der Waals surface area (Å²) < 4.78 is 0. The Morgan fingerprint density at radius 2 is 1.60 bits per heavy atom. The number of carbonyl (C=O) groups excluding carboxylic acids is 3. The van der Waals surface area contributed by atoms with Crippen LogP contribution in [0.15, 0.2) is 103 Å². The maximum Gasteiger partial charge on any atom is 0.255 e. The number of benzene rings is 4. The zero-order valence-corrected chi connectivity index (χ0v) is 23.8. The number of rotatable bonds is 7. The van der Waals surface area contributed by atoms with E-state index in [0.29, 0.717) is 24.9 Å². The molecule has 0 spiro atoms. The SMILES string of the molecule is Cc1ccc(CNC(=O)[C@H](Cc2ccccc2)NC(=O)[C@@H]2Cc3c([nH]c4ccccc34)[C@@H]3c4ccccc4C(=O)N32)cc1. The fourth-order valence-corrected chi connectivity index (χ4v) is 6.48. The van der Waals surface area contributed by atoms with Gasteiger partial charge in [0.25, 0.3) is 5.91 Å². The third-order valence-electron chi connectivity index (χ3n) is 8.66. The van der Waals surface area contributed by atoms with Gasteiger partial charge in [-0.25, -0.2) is 0 Å². The van der Waals surface area contributed by atoms with Gasteiger partial charge in [-0.05, 0) is 41.3 Å². The van der Waals surface area contributed by atoms with Crippen LogP contribution in [0.3, 0.4) is 0 Å². The Hall–Kier alpha value is -5.17. The molecule has 2 aliphatic rings. The summed E-state index contributed by atoms with van der Waals surface area (Å²) in [4.78, 5) is 46.9. The van der Waals surface area contributed by atoms with E-state index in [1.807, 2.05) is 104 Å². The summed E-state index contributed by atoms with van der Waals surface area (Å²) >= 11 is 0. The highest BCUT2D eigenvalue weighted by Crippen LogP contribution is 2.46. The Balaban J connectivity index is 1.21. The number of aryl methyl sites for hydroxylation is 1. The molecule has 0 saturated carbocycles. The maximum atomic E-state index is 14.2. The number of hydrogen-bond acceptors (Lipinski definition) is 3. The number of aromatic amines is 1. The van der Waals surface area contributed by atoms with Gasteiger partial charge >= 0.3 is 0 Å². The number of aromatic nitrogens is 1. The molecule has 3 N–H and O–H groups in total. The Labute approximate surface area is 249 Å². The van der Waals surface area contributed by atoms with Crippen LogP contribution in [0.25, 0.3) is 10.9 Å². The number of carbonyl (C=O) groups is 3. The average Bonchev–Trinajstić information content (AvgIpc) is 3.55. The van der Waals surface area contributed by atoms with E-state index in [1.54, 1.807) is 4.90 Å². The smallest absolute Gasteiger partial charge is 0.255 e. The molecule has 0 radical (unpaired) electrons. The van der Waals surface area contributed by atoms with Crippen LogP contribution >= 0.6 is 0 Å². The molecule has 3 atom stereocenters. The lowest BCUT2D eigenvalue weighted by atomic mass is 9.89. The Morgan fingerprint density at radius 1 is 0.884 bits per heavy atom. The number of para-hydroxylation sites is 1. The quantitative estimate of drug-likeness (QED) is 0.258. The molecule has 214 valence electrons. The number of fused-ring (bicyclic) bond motifs is 7. The lowest BCUT2D eigenvalue weighted by molar-refractivity contribution is -0.132. The number of nitrogens with one attached hydrogen (secondary N) is 3. The second-order valence-corrected chi connectivity index (χ2v) is 11.4. The molecule has 43 heavy (non-hydrogen) atoms. The van der Waals surface area contributed by atoms with Crippen LogP contribution in [-0.4, -0.2) is 39.7 Å². The van der Waals surface area contributed by atoms with Gasteiger partial charge in [-0.2, -0.15) is 0 Å². The van der Waals surface area contributed by atoms with Crippen LogP contribution in [0.2, 0.25) is 0 Å². The topological polar surface area (TPSA) is 94.3 Å². The molecular weight excluding hydrogens is 536 g/mol. The van der Waals surface area contributed by atoms with E-state index in [1.165, 1.54) is 0 Å². The summed E-state index contributed by atoms with van der Waals surface area (Å²) in [5.41, 5.74) is 7.50. The lowest BCUT2D eigenvalue weighted by Crippen LogP contribution is -2.57. The first-order chi connectivity index (χ1) is 21.0. The minimum absolute atomic E-state index is 0.173. The number of H-pyrrole nitrogens is 1. The van der Waals surface area contributed by atoms with E-state index in [-0.39, 0.29) is 17.7 Å². The molecule has 7 nitrogen and oxygen atoms in total. The Morgan fingerprint density at radius 3 is 2.42 bits per heavy atom. The number of hydrogen-bond donors (Lipinski definition) is 3. The van der Waals surface area contributed by atoms with Crippen molar-refractivity contribution >= 4 is 28.6 Å². The Kier molecular flexibility index (Phi) is 6.78. The first-order valence-electron chi connectivity index (χ1n) is 14.7. The van der Waals surface area contributed by atoms with Gasteiger partial charge in [-0.3, -0.25) is 14.4 Å². The van der Waals surface area contributed by atoms with Crippen molar-refractivity contribution in [3.63, 3.8) is 0 Å². The fourth-order valence-electron chi connectivity index (χ4n) is 6.48. The van der Waals surface area contributed by atoms with Gasteiger partial charge in [0.2, 0.25) is 11.8 Å². The first kappa shape index (κ1) is 26.7. The predicted octanol–water partition coefficient (Wildman–Crippen LogP) is 4.99. The molecule has 0 fully saturated rings. The largest absolute Gasteiger partial charge is 0.356 e. The van der Waals surface area contributed by atoms with E-state index < -0.39 is 18.1 Å². The molecule has 4 aromatic carbocycles. The second-order valence-electron chi connectivity index (χ2n) is 11.4. The zero-order chi connectivity index (χ0) is 29.5. The van der Waals surface area contributed by atoms with Crippen LogP contribution in [-0.2, 0) is 29.0 Å². The summed E-state index contributed by atoms with van der Waals surface area (Å²) in [6.45, 7) is 2.37. The molecule has 5 aromatic rings. The van der Waals surface area contributed by atoms with Crippen LogP contribution < -0.4 is 10.6 Å². The van der Waals surface area contributed by atoms with Crippen LogP contribution in [0, 0.1) is 6.92 Å². The van der Waals surface area contributed by atoms with E-state index >= 15 is 0 Å². The van der Waals surface area contributed by atoms with Gasteiger partial charge in [-0.1, -0.05) is 96.6 Å². The van der Waals surface area contributed by atoms with Crippen molar-refractivity contribution in [3.05, 3.63) is 142 Å². The number of amides is 3. The van der Waals surface area contributed by atoms with E-state index in [2.05, 4.69) is 21.7 Å². The molecule has 0 saturated heterocycles. The maximum absolute atomic E-state index is 14.2. The van der Waals surface area contributed by atoms with E-state index in [9.17, 15) is 14.4 Å². The van der Waals surface area contributed by atoms with Gasteiger partial charge < -0.3 is 20.5 Å². The van der Waals surface area contributed by atoms with Crippen molar-refractivity contribution in [3.8, 4) is 0 Å². The van der Waals surface area contributed by atoms with Crippen molar-refractivity contribution < 1.29 is 14.4 Å². The fraction of sp³-hybridized carbons (Fsp3) is 0.194. The highest BCUT2D eigenvalue weighted by atomic mass is 16.2. The molecule has 0 aliphatic carbocycles. The van der Waals surface area contributed by atoms with Crippen LogP contribution in [0.4, 0.5) is 0 Å². The molecule has 0 unspecified atom stereocenters. The zero-order valence-electron chi connectivity index (χ0n) is 23.8. The van der Waals surface area contributed by atoms with Crippen molar-refractivity contribution in [2.45, 2.75) is 44.4 Å². The summed E-state index contributed by atoms with van der Waals surface area (Å²) in [5, 5.41) is 7.11. The van der Waals surface area contributed by atoms with Crippen LogP contribution in [0.5, 0.6) is 0 Å². The summed E-state index contributed by atoms with van der Waals surface area (Å²) in [7, 11) is 0. The van der Waals surface area contributed by atoms with Crippen molar-refractivity contribution in [2.24, 2.45) is 0 Å². The van der Waals surface area contributed by atoms with Gasteiger partial charge in [0.05, 0.1) is 6.04 Å². The van der Waals surface area contributed by atoms with E-state index in [4.69, 9.17) is 0 Å². The van der Waals surface area contributed by atoms with Crippen molar-refractivity contribution in [1.82, 2.24) is 20.5 Å². The molecule has 7 rings (SSSR count). The molecular formula is C36H32N4O3. The third-order valence-corrected chi connectivity index (χ3v) is 8.66. The molecule has 3 amide bonds. The van der Waals surface area contributed by atoms with Crippen molar-refractivity contribution in [1.29, 1.82) is 0 Å². The standard InChI is InChI=1S/C36H32N4O3/c1-22-15-17-24(18-16-22)21-37-34(41)30(19-23-9-3-2-4-10-23)39-35(42)31-20-28-25-11-7-8-14-29(25)38-32(28)33-26-12-5-6-13-27(26)36(43)40(31)33/h2-18,30-31,33,38H,19-21H2,1H3,(H,37,41)(H,39,42)/t30-,31-,33-/m0/s1. The van der Waals surface area contributed by atoms with Gasteiger partial charge in [0.1, 0.15) is 12.1 Å². The van der Waals surface area contributed by atoms with Gasteiger partial charge in [0, 0.05) is 41.5 Å². The summed E-state index contributed by atoms with van der Waals surface area (Å²) in [6.07, 6.45) is 0.680. The monoisotopic (exact) mass is 568 g/mol. The second kappa shape index (κ2) is 10.9. The minimum atomic E-state index is -0.816. The normalized spacial score (nSPS) is 17.6. The summed E-state index contributed by atoms with van der Waals surface area (Å²) in [6, 6.07) is 31.2. The van der Waals surface area contributed by atoms with E-state index in [0.717, 1.165) is 44.4 Å².